The zero-order valence-corrected chi connectivity index (χ0v) is 12.8. The molecule has 0 aliphatic rings. The Kier molecular flexibility index (Phi) is 4.87. The van der Waals surface area contributed by atoms with E-state index >= 15 is 0 Å². The molecule has 1 unspecified atom stereocenters. The van der Waals surface area contributed by atoms with Gasteiger partial charge >= 0.3 is 0 Å². The number of rotatable bonds is 5. The van der Waals surface area contributed by atoms with Gasteiger partial charge in [0.2, 0.25) is 5.91 Å². The molecular weight excluding hydrogens is 288 g/mol. The highest BCUT2D eigenvalue weighted by Gasteiger charge is 2.12. The van der Waals surface area contributed by atoms with E-state index in [0.717, 1.165) is 11.1 Å². The van der Waals surface area contributed by atoms with Crippen molar-refractivity contribution >= 4 is 18.1 Å². The van der Waals surface area contributed by atoms with Crippen molar-refractivity contribution in [1.82, 2.24) is 20.1 Å². The maximum Gasteiger partial charge on any atom is 0.240 e. The number of nitrogens with zero attached hydrogens (tertiary/aromatic N) is 2. The number of H-pyrrole nitrogens is 1. The van der Waals surface area contributed by atoms with E-state index in [1.807, 2.05) is 31.2 Å². The highest BCUT2D eigenvalue weighted by molar-refractivity contribution is 7.71. The van der Waals surface area contributed by atoms with Crippen molar-refractivity contribution in [3.05, 3.63) is 34.6 Å². The molecule has 1 amide bonds. The van der Waals surface area contributed by atoms with Gasteiger partial charge in [0.25, 0.3) is 0 Å². The summed E-state index contributed by atoms with van der Waals surface area (Å²) in [5.41, 5.74) is 2.03. The van der Waals surface area contributed by atoms with Crippen LogP contribution in [0.25, 0.3) is 11.4 Å². The van der Waals surface area contributed by atoms with Crippen molar-refractivity contribution in [2.75, 3.05) is 6.54 Å². The molecule has 2 rings (SSSR count). The predicted octanol–water partition coefficient (Wildman–Crippen LogP) is 1.41. The zero-order chi connectivity index (χ0) is 15.4. The third-order valence-corrected chi connectivity index (χ3v) is 3.28. The molecule has 1 aromatic carbocycles. The fourth-order valence-electron chi connectivity index (χ4n) is 1.85. The van der Waals surface area contributed by atoms with Gasteiger partial charge in [-0.05, 0) is 26.1 Å². The van der Waals surface area contributed by atoms with Crippen molar-refractivity contribution < 1.29 is 9.90 Å². The molecule has 0 fully saturated rings. The van der Waals surface area contributed by atoms with E-state index in [0.29, 0.717) is 10.6 Å². The van der Waals surface area contributed by atoms with Crippen LogP contribution >= 0.6 is 12.2 Å². The van der Waals surface area contributed by atoms with Gasteiger partial charge in [-0.15, -0.1) is 0 Å². The minimum absolute atomic E-state index is 0.0608. The molecule has 1 heterocycles. The van der Waals surface area contributed by atoms with Crippen molar-refractivity contribution in [1.29, 1.82) is 0 Å². The molecule has 7 heteroatoms. The first-order valence-electron chi connectivity index (χ1n) is 6.64. The van der Waals surface area contributed by atoms with Gasteiger partial charge in [0.1, 0.15) is 6.54 Å². The van der Waals surface area contributed by atoms with Gasteiger partial charge in [0, 0.05) is 12.1 Å². The molecule has 6 nitrogen and oxygen atoms in total. The lowest BCUT2D eigenvalue weighted by Crippen LogP contribution is -2.33. The largest absolute Gasteiger partial charge is 0.392 e. The molecule has 0 saturated carbocycles. The molecule has 0 bridgehead atoms. The Hall–Kier alpha value is -1.99. The summed E-state index contributed by atoms with van der Waals surface area (Å²) in [6.07, 6.45) is -0.581. The SMILES string of the molecule is Cc1ccc(-c2n[nH]c(=S)n2CC(=O)NCC(C)O)cc1. The Bertz CT molecular complexity index is 673. The van der Waals surface area contributed by atoms with Gasteiger partial charge in [-0.25, -0.2) is 0 Å². The first kappa shape index (κ1) is 15.4. The highest BCUT2D eigenvalue weighted by Crippen LogP contribution is 2.17. The van der Waals surface area contributed by atoms with E-state index in [9.17, 15) is 9.90 Å². The van der Waals surface area contributed by atoms with Crippen LogP contribution in [0.15, 0.2) is 24.3 Å². The molecule has 1 atom stereocenters. The quantitative estimate of drug-likeness (QED) is 0.730. The van der Waals surface area contributed by atoms with Crippen LogP contribution in [0.2, 0.25) is 0 Å². The van der Waals surface area contributed by atoms with Gasteiger partial charge < -0.3 is 10.4 Å². The fraction of sp³-hybridized carbons (Fsp3) is 0.357. The minimum Gasteiger partial charge on any atom is -0.392 e. The summed E-state index contributed by atoms with van der Waals surface area (Å²) in [6, 6.07) is 7.82. The highest BCUT2D eigenvalue weighted by atomic mass is 32.1. The van der Waals surface area contributed by atoms with Crippen LogP contribution in [-0.2, 0) is 11.3 Å². The average molecular weight is 306 g/mol. The molecule has 0 aliphatic heterocycles. The summed E-state index contributed by atoms with van der Waals surface area (Å²) in [6.45, 7) is 3.89. The molecular formula is C14H18N4O2S. The van der Waals surface area contributed by atoms with E-state index in [4.69, 9.17) is 12.2 Å². The maximum absolute atomic E-state index is 11.9. The number of hydrogen-bond donors (Lipinski definition) is 3. The molecule has 2 aromatic rings. The Labute approximate surface area is 127 Å². The molecule has 0 aliphatic carbocycles. The Morgan fingerprint density at radius 1 is 1.48 bits per heavy atom. The summed E-state index contributed by atoms with van der Waals surface area (Å²) >= 11 is 5.17. The van der Waals surface area contributed by atoms with Gasteiger partial charge in [-0.3, -0.25) is 14.5 Å². The van der Waals surface area contributed by atoms with Crippen molar-refractivity contribution in [3.63, 3.8) is 0 Å². The van der Waals surface area contributed by atoms with Crippen LogP contribution in [0, 0.1) is 11.7 Å². The number of aryl methyl sites for hydroxylation is 1. The lowest BCUT2D eigenvalue weighted by atomic mass is 10.1. The van der Waals surface area contributed by atoms with Crippen LogP contribution < -0.4 is 5.32 Å². The average Bonchev–Trinajstić information content (AvgIpc) is 2.79. The number of carbonyl (C=O) groups is 1. The van der Waals surface area contributed by atoms with Crippen LogP contribution in [0.4, 0.5) is 0 Å². The topological polar surface area (TPSA) is 82.9 Å². The Balaban J connectivity index is 2.20. The number of benzene rings is 1. The Morgan fingerprint density at radius 3 is 2.76 bits per heavy atom. The minimum atomic E-state index is -0.581. The molecule has 0 spiro atoms. The van der Waals surface area contributed by atoms with Crippen molar-refractivity contribution in [3.8, 4) is 11.4 Å². The first-order valence-corrected chi connectivity index (χ1v) is 7.05. The molecule has 3 N–H and O–H groups in total. The summed E-state index contributed by atoms with van der Waals surface area (Å²) in [4.78, 5) is 11.9. The summed E-state index contributed by atoms with van der Waals surface area (Å²) in [5.74, 6) is 0.397. The van der Waals surface area contributed by atoms with Crippen LogP contribution in [0.3, 0.4) is 0 Å². The van der Waals surface area contributed by atoms with Gasteiger partial charge in [0.05, 0.1) is 6.10 Å². The lowest BCUT2D eigenvalue weighted by Gasteiger charge is -2.09. The summed E-state index contributed by atoms with van der Waals surface area (Å²) in [7, 11) is 0. The maximum atomic E-state index is 11.9. The lowest BCUT2D eigenvalue weighted by molar-refractivity contribution is -0.122. The predicted molar refractivity (Wildman–Crippen MR) is 82.3 cm³/mol. The molecule has 0 radical (unpaired) electrons. The fourth-order valence-corrected chi connectivity index (χ4v) is 2.05. The van der Waals surface area contributed by atoms with E-state index < -0.39 is 6.10 Å². The van der Waals surface area contributed by atoms with Crippen LogP contribution in [0.1, 0.15) is 12.5 Å². The molecule has 1 aromatic heterocycles. The van der Waals surface area contributed by atoms with E-state index in [2.05, 4.69) is 15.5 Å². The Morgan fingerprint density at radius 2 is 2.14 bits per heavy atom. The molecule has 0 saturated heterocycles. The third kappa shape index (κ3) is 3.99. The number of nitrogens with one attached hydrogen (secondary N) is 2. The zero-order valence-electron chi connectivity index (χ0n) is 12.0. The number of aromatic amines is 1. The first-order chi connectivity index (χ1) is 9.97. The normalized spacial score (nSPS) is 12.1. The van der Waals surface area contributed by atoms with E-state index in [1.54, 1.807) is 11.5 Å². The second-order valence-corrected chi connectivity index (χ2v) is 5.34. The van der Waals surface area contributed by atoms with Gasteiger partial charge in [-0.2, -0.15) is 5.10 Å². The summed E-state index contributed by atoms with van der Waals surface area (Å²) in [5, 5.41) is 18.7. The number of aliphatic hydroxyl groups is 1. The third-order valence-electron chi connectivity index (χ3n) is 2.96. The van der Waals surface area contributed by atoms with Gasteiger partial charge in [-0.1, -0.05) is 29.8 Å². The van der Waals surface area contributed by atoms with E-state index in [-0.39, 0.29) is 19.0 Å². The second kappa shape index (κ2) is 6.64. The number of amides is 1. The number of aliphatic hydroxyl groups excluding tert-OH is 1. The van der Waals surface area contributed by atoms with Crippen LogP contribution in [-0.4, -0.2) is 38.4 Å². The number of aromatic nitrogens is 3. The second-order valence-electron chi connectivity index (χ2n) is 4.96. The molecule has 21 heavy (non-hydrogen) atoms. The summed E-state index contributed by atoms with van der Waals surface area (Å²) < 4.78 is 2.02. The number of carbonyl (C=O) groups excluding carboxylic acids is 1. The molecule has 112 valence electrons. The van der Waals surface area contributed by atoms with Gasteiger partial charge in [0.15, 0.2) is 10.6 Å². The van der Waals surface area contributed by atoms with Crippen LogP contribution in [0.5, 0.6) is 0 Å². The van der Waals surface area contributed by atoms with Crippen molar-refractivity contribution in [2.45, 2.75) is 26.5 Å². The standard InChI is InChI=1S/C14H18N4O2S/c1-9-3-5-11(6-4-9)13-16-17-14(21)18(13)8-12(20)15-7-10(2)19/h3-6,10,19H,7-8H2,1-2H3,(H,15,20)(H,17,21). The van der Waals surface area contributed by atoms with Crippen molar-refractivity contribution in [2.24, 2.45) is 0 Å². The van der Waals surface area contributed by atoms with E-state index in [1.165, 1.54) is 0 Å². The smallest absolute Gasteiger partial charge is 0.240 e. The monoisotopic (exact) mass is 306 g/mol. The number of hydrogen-bond acceptors (Lipinski definition) is 4.